The fourth-order valence-electron chi connectivity index (χ4n) is 3.18. The number of nitrogens with one attached hydrogen (secondary N) is 1. The quantitative estimate of drug-likeness (QED) is 0.344. The topological polar surface area (TPSA) is 118 Å². The van der Waals surface area contributed by atoms with Crippen LogP contribution in [-0.4, -0.2) is 61.6 Å². The van der Waals surface area contributed by atoms with Crippen molar-refractivity contribution in [2.75, 3.05) is 13.7 Å². The lowest BCUT2D eigenvalue weighted by Crippen LogP contribution is -2.50. The van der Waals surface area contributed by atoms with Crippen LogP contribution in [0.1, 0.15) is 40.2 Å². The van der Waals surface area contributed by atoms with Gasteiger partial charge in [-0.05, 0) is 62.9 Å². The molecule has 0 heterocycles. The Labute approximate surface area is 214 Å². The summed E-state index contributed by atoms with van der Waals surface area (Å²) in [6.07, 6.45) is -0.264. The lowest BCUT2D eigenvalue weighted by molar-refractivity contribution is 0.0403. The van der Waals surface area contributed by atoms with Crippen LogP contribution in [0.25, 0.3) is 0 Å². The molecule has 0 bridgehead atoms. The summed E-state index contributed by atoms with van der Waals surface area (Å²) in [7, 11) is -2.61. The molecule has 0 fully saturated rings. The highest BCUT2D eigenvalue weighted by molar-refractivity contribution is 7.89. The number of rotatable bonds is 11. The Morgan fingerprint density at radius 2 is 1.72 bits per heavy atom. The Bertz CT molecular complexity index is 1100. The molecular weight excluding hydrogens is 482 g/mol. The molecule has 2 atom stereocenters. The maximum absolute atomic E-state index is 13.4. The summed E-state index contributed by atoms with van der Waals surface area (Å²) in [5.74, 6) is 0.478. The molecule has 198 valence electrons. The molecule has 10 heteroatoms. The van der Waals surface area contributed by atoms with Crippen molar-refractivity contribution in [2.24, 2.45) is 11.0 Å². The number of nitrogens with zero attached hydrogens (tertiary/aromatic N) is 2. The number of aliphatic hydroxyl groups excluding tert-OH is 1. The lowest BCUT2D eigenvalue weighted by atomic mass is 10.0. The van der Waals surface area contributed by atoms with Gasteiger partial charge < -0.3 is 19.9 Å². The van der Waals surface area contributed by atoms with Gasteiger partial charge in [0.05, 0.1) is 30.7 Å². The molecule has 0 aliphatic rings. The van der Waals surface area contributed by atoms with Crippen LogP contribution in [0.2, 0.25) is 0 Å². The van der Waals surface area contributed by atoms with Crippen LogP contribution >= 0.6 is 0 Å². The largest absolute Gasteiger partial charge is 0.497 e. The van der Waals surface area contributed by atoms with E-state index in [-0.39, 0.29) is 23.8 Å². The van der Waals surface area contributed by atoms with Gasteiger partial charge in [-0.25, -0.2) is 4.79 Å². The Kier molecular flexibility index (Phi) is 10.3. The van der Waals surface area contributed by atoms with Crippen LogP contribution in [-0.2, 0) is 21.2 Å². The van der Waals surface area contributed by atoms with Gasteiger partial charge >= 0.3 is 6.09 Å². The third-order valence-corrected chi connectivity index (χ3v) is 6.60. The van der Waals surface area contributed by atoms with E-state index in [0.29, 0.717) is 5.75 Å². The SMILES string of the molecule is COc1ccc(S(=O)(=O)N(C[C@H](O)[C@H](Cc2ccccc2)NC(=O)OC(C)(C)C)N=CC(C)C)cc1. The minimum absolute atomic E-state index is 0.00360. The average molecular weight is 520 g/mol. The molecule has 0 aromatic heterocycles. The molecule has 2 N–H and O–H groups in total. The summed E-state index contributed by atoms with van der Waals surface area (Å²) >= 11 is 0. The van der Waals surface area contributed by atoms with Crippen molar-refractivity contribution < 1.29 is 27.8 Å². The number of sulfonamides is 1. The predicted molar refractivity (Wildman–Crippen MR) is 140 cm³/mol. The van der Waals surface area contributed by atoms with Crippen molar-refractivity contribution >= 4 is 22.3 Å². The lowest BCUT2D eigenvalue weighted by Gasteiger charge is -2.29. The van der Waals surface area contributed by atoms with Gasteiger partial charge in [0.25, 0.3) is 10.0 Å². The zero-order valence-corrected chi connectivity index (χ0v) is 22.5. The zero-order chi connectivity index (χ0) is 26.9. The second-order valence-electron chi connectivity index (χ2n) is 9.70. The van der Waals surface area contributed by atoms with Crippen molar-refractivity contribution in [3.8, 4) is 5.75 Å². The van der Waals surface area contributed by atoms with Gasteiger partial charge in [0.15, 0.2) is 0 Å². The van der Waals surface area contributed by atoms with E-state index in [9.17, 15) is 18.3 Å². The smallest absolute Gasteiger partial charge is 0.407 e. The van der Waals surface area contributed by atoms with Crippen molar-refractivity contribution in [3.05, 3.63) is 60.2 Å². The summed E-state index contributed by atoms with van der Waals surface area (Å²) < 4.78 is 38.2. The second kappa shape index (κ2) is 12.7. The van der Waals surface area contributed by atoms with E-state index in [2.05, 4.69) is 10.4 Å². The maximum Gasteiger partial charge on any atom is 0.407 e. The summed E-state index contributed by atoms with van der Waals surface area (Å²) in [6.45, 7) is 8.54. The van der Waals surface area contributed by atoms with E-state index in [0.717, 1.165) is 9.98 Å². The Morgan fingerprint density at radius 3 is 2.25 bits per heavy atom. The first-order chi connectivity index (χ1) is 16.8. The predicted octanol–water partition coefficient (Wildman–Crippen LogP) is 3.82. The normalized spacial score (nSPS) is 13.9. The first-order valence-electron chi connectivity index (χ1n) is 11.7. The monoisotopic (exact) mass is 519 g/mol. The summed E-state index contributed by atoms with van der Waals surface area (Å²) in [6, 6.07) is 14.3. The Balaban J connectivity index is 2.35. The first kappa shape index (κ1) is 29.1. The molecule has 36 heavy (non-hydrogen) atoms. The molecule has 0 unspecified atom stereocenters. The van der Waals surface area contributed by atoms with Gasteiger partial charge in [0.2, 0.25) is 0 Å². The van der Waals surface area contributed by atoms with E-state index in [4.69, 9.17) is 9.47 Å². The van der Waals surface area contributed by atoms with Crippen LogP contribution in [0, 0.1) is 5.92 Å². The number of benzene rings is 2. The number of hydrogen-bond donors (Lipinski definition) is 2. The van der Waals surface area contributed by atoms with E-state index in [1.54, 1.807) is 20.8 Å². The van der Waals surface area contributed by atoms with Crippen LogP contribution in [0.15, 0.2) is 64.6 Å². The number of amides is 1. The number of hydrogen-bond acceptors (Lipinski definition) is 7. The van der Waals surface area contributed by atoms with Gasteiger partial charge in [0.1, 0.15) is 11.4 Å². The standard InChI is InChI=1S/C26H37N3O6S/c1-19(2)17-27-29(36(32,33)22-14-12-21(34-6)13-15-22)18-24(30)23(16-20-10-8-7-9-11-20)28-25(31)35-26(3,4)5/h7-15,17,19,23-24,30H,16,18H2,1-6H3,(H,28,31)/t23-,24-/m0/s1. The highest BCUT2D eigenvalue weighted by atomic mass is 32.2. The molecule has 2 aromatic rings. The van der Waals surface area contributed by atoms with Gasteiger partial charge in [0, 0.05) is 6.21 Å². The highest BCUT2D eigenvalue weighted by Gasteiger charge is 2.31. The number of carbonyl (C=O) groups is 1. The van der Waals surface area contributed by atoms with E-state index in [1.165, 1.54) is 37.6 Å². The molecular formula is C26H37N3O6S. The maximum atomic E-state index is 13.4. The minimum atomic E-state index is -4.10. The fraction of sp³-hybridized carbons (Fsp3) is 0.462. The third kappa shape index (κ3) is 9.16. The van der Waals surface area contributed by atoms with Crippen LogP contribution < -0.4 is 10.1 Å². The molecule has 0 saturated carbocycles. The van der Waals surface area contributed by atoms with E-state index < -0.39 is 33.9 Å². The van der Waals surface area contributed by atoms with Crippen LogP contribution in [0.4, 0.5) is 4.79 Å². The van der Waals surface area contributed by atoms with Crippen molar-refractivity contribution in [1.82, 2.24) is 9.73 Å². The van der Waals surface area contributed by atoms with E-state index in [1.807, 2.05) is 44.2 Å². The van der Waals surface area contributed by atoms with Gasteiger partial charge in [-0.3, -0.25) is 0 Å². The molecule has 0 aliphatic heterocycles. The number of carbonyl (C=O) groups excluding carboxylic acids is 1. The van der Waals surface area contributed by atoms with Crippen molar-refractivity contribution in [2.45, 2.75) is 63.7 Å². The molecule has 0 radical (unpaired) electrons. The molecule has 0 aliphatic carbocycles. The second-order valence-corrected chi connectivity index (χ2v) is 11.5. The Morgan fingerprint density at radius 1 is 1.11 bits per heavy atom. The average Bonchev–Trinajstić information content (AvgIpc) is 2.80. The van der Waals surface area contributed by atoms with Crippen LogP contribution in [0.3, 0.4) is 0 Å². The number of aliphatic hydroxyl groups is 1. The number of methoxy groups -OCH3 is 1. The first-order valence-corrected chi connectivity index (χ1v) is 13.2. The van der Waals surface area contributed by atoms with Crippen LogP contribution in [0.5, 0.6) is 5.75 Å². The molecule has 0 saturated heterocycles. The molecule has 0 spiro atoms. The minimum Gasteiger partial charge on any atom is -0.497 e. The fourth-order valence-corrected chi connectivity index (χ4v) is 4.43. The highest BCUT2D eigenvalue weighted by Crippen LogP contribution is 2.21. The van der Waals surface area contributed by atoms with Crippen molar-refractivity contribution in [1.29, 1.82) is 0 Å². The van der Waals surface area contributed by atoms with Gasteiger partial charge in [-0.1, -0.05) is 44.2 Å². The third-order valence-electron chi connectivity index (χ3n) is 4.94. The number of alkyl carbamates (subject to hydrolysis) is 1. The summed E-state index contributed by atoms with van der Waals surface area (Å²) in [4.78, 5) is 12.5. The molecule has 9 nitrogen and oxygen atoms in total. The van der Waals surface area contributed by atoms with E-state index >= 15 is 0 Å². The van der Waals surface area contributed by atoms with Gasteiger partial charge in [-0.15, -0.1) is 0 Å². The Hall–Kier alpha value is -3.11. The summed E-state index contributed by atoms with van der Waals surface area (Å²) in [5.41, 5.74) is 0.116. The molecule has 2 aromatic carbocycles. The number of hydrazone groups is 1. The molecule has 1 amide bonds. The molecule has 2 rings (SSSR count). The number of ether oxygens (including phenoxy) is 2. The van der Waals surface area contributed by atoms with Crippen molar-refractivity contribution in [3.63, 3.8) is 0 Å². The van der Waals surface area contributed by atoms with Gasteiger partial charge in [-0.2, -0.15) is 17.9 Å². The zero-order valence-electron chi connectivity index (χ0n) is 21.7. The summed E-state index contributed by atoms with van der Waals surface area (Å²) in [5, 5.41) is 18.0.